The summed E-state index contributed by atoms with van der Waals surface area (Å²) >= 11 is 0. The Balaban J connectivity index is 1.54. The minimum atomic E-state index is -0.569. The number of aryl methyl sites for hydroxylation is 1. The normalized spacial score (nSPS) is 17.8. The topological polar surface area (TPSA) is 53.5 Å². The number of hydrogen-bond acceptors (Lipinski definition) is 3. The van der Waals surface area contributed by atoms with E-state index in [9.17, 15) is 18.4 Å². The Bertz CT molecular complexity index is 964. The van der Waals surface area contributed by atoms with Crippen LogP contribution in [0.1, 0.15) is 61.1 Å². The molecule has 7 heteroatoms. The Morgan fingerprint density at radius 2 is 1.97 bits per heavy atom. The number of amides is 2. The van der Waals surface area contributed by atoms with Crippen molar-refractivity contribution in [1.82, 2.24) is 14.8 Å². The number of likely N-dealkylation sites (tertiary alicyclic amines) is 1. The third-order valence-electron chi connectivity index (χ3n) is 6.73. The summed E-state index contributed by atoms with van der Waals surface area (Å²) in [5, 5.41) is 0. The monoisotopic (exact) mass is 443 g/mol. The molecular weight excluding hydrogens is 412 g/mol. The zero-order chi connectivity index (χ0) is 23.4. The molecular formula is C25H31F2N3O2. The second kappa shape index (κ2) is 10.2. The van der Waals surface area contributed by atoms with Gasteiger partial charge in [-0.15, -0.1) is 0 Å². The molecule has 3 atom stereocenters. The molecule has 0 aliphatic carbocycles. The van der Waals surface area contributed by atoms with Crippen LogP contribution in [-0.4, -0.2) is 52.8 Å². The molecule has 0 saturated carbocycles. The zero-order valence-electron chi connectivity index (χ0n) is 19.1. The maximum absolute atomic E-state index is 14.1. The summed E-state index contributed by atoms with van der Waals surface area (Å²) in [6.45, 7) is 6.69. The molecule has 1 unspecified atom stereocenters. The molecule has 1 aromatic carbocycles. The van der Waals surface area contributed by atoms with Crippen molar-refractivity contribution in [3.8, 4) is 0 Å². The molecule has 1 aromatic heterocycles. The number of rotatable bonds is 7. The van der Waals surface area contributed by atoms with E-state index in [0.717, 1.165) is 24.6 Å². The van der Waals surface area contributed by atoms with E-state index < -0.39 is 11.6 Å². The van der Waals surface area contributed by atoms with E-state index in [1.807, 2.05) is 19.9 Å². The third-order valence-corrected chi connectivity index (χ3v) is 6.73. The van der Waals surface area contributed by atoms with Crippen molar-refractivity contribution in [1.29, 1.82) is 0 Å². The van der Waals surface area contributed by atoms with Gasteiger partial charge in [-0.3, -0.25) is 14.6 Å². The average molecular weight is 444 g/mol. The van der Waals surface area contributed by atoms with Gasteiger partial charge in [-0.25, -0.2) is 8.78 Å². The zero-order valence-corrected chi connectivity index (χ0v) is 19.1. The summed E-state index contributed by atoms with van der Waals surface area (Å²) in [6, 6.07) is 7.44. The fraction of sp³-hybridized carbons (Fsp3) is 0.480. The largest absolute Gasteiger partial charge is 0.341 e. The van der Waals surface area contributed by atoms with E-state index in [-0.39, 0.29) is 29.7 Å². The van der Waals surface area contributed by atoms with Gasteiger partial charge in [0.25, 0.3) is 5.91 Å². The fourth-order valence-electron chi connectivity index (χ4n) is 4.18. The standard InChI is InChI=1S/C25H31F2N3O2/c1-16(17(2)23-10-7-20(26)13-24(23)27)5-8-21-9-6-19(14-28-21)25(32)30-12-11-22(15-30)29(4)18(3)31/h6-7,9-10,13-14,16-17,22H,5,8,11-12,15H2,1-4H3/t16?,17-,22+/m1/s1. The SMILES string of the molecule is CC(=O)N(C)[C@H]1CCN(C(=O)c2ccc(CCC(C)[C@@H](C)c3ccc(F)cc3F)nc2)C1. The molecule has 2 amide bonds. The highest BCUT2D eigenvalue weighted by Crippen LogP contribution is 2.29. The molecule has 32 heavy (non-hydrogen) atoms. The molecule has 5 nitrogen and oxygen atoms in total. The van der Waals surface area contributed by atoms with E-state index in [0.29, 0.717) is 30.6 Å². The predicted octanol–water partition coefficient (Wildman–Crippen LogP) is 4.43. The summed E-state index contributed by atoms with van der Waals surface area (Å²) in [6.07, 6.45) is 3.88. The lowest BCUT2D eigenvalue weighted by Crippen LogP contribution is -2.38. The highest BCUT2D eigenvalue weighted by molar-refractivity contribution is 5.94. The lowest BCUT2D eigenvalue weighted by molar-refractivity contribution is -0.129. The Morgan fingerprint density at radius 1 is 1.22 bits per heavy atom. The van der Waals surface area contributed by atoms with Crippen LogP contribution in [0.25, 0.3) is 0 Å². The summed E-state index contributed by atoms with van der Waals surface area (Å²) in [7, 11) is 1.77. The number of pyridine rings is 1. The lowest BCUT2D eigenvalue weighted by Gasteiger charge is -2.23. The summed E-state index contributed by atoms with van der Waals surface area (Å²) in [5.74, 6) is -1.02. The van der Waals surface area contributed by atoms with Crippen LogP contribution in [-0.2, 0) is 11.2 Å². The molecule has 1 aliphatic heterocycles. The molecule has 1 fully saturated rings. The van der Waals surface area contributed by atoms with Crippen molar-refractivity contribution in [2.24, 2.45) is 5.92 Å². The van der Waals surface area contributed by atoms with E-state index in [1.165, 1.54) is 19.1 Å². The number of nitrogens with zero attached hydrogens (tertiary/aromatic N) is 3. The van der Waals surface area contributed by atoms with Gasteiger partial charge in [-0.05, 0) is 54.9 Å². The first-order valence-corrected chi connectivity index (χ1v) is 11.1. The van der Waals surface area contributed by atoms with Gasteiger partial charge in [-0.2, -0.15) is 0 Å². The molecule has 1 saturated heterocycles. The van der Waals surface area contributed by atoms with Crippen LogP contribution in [0.4, 0.5) is 8.78 Å². The van der Waals surface area contributed by atoms with Gasteiger partial charge >= 0.3 is 0 Å². The van der Waals surface area contributed by atoms with E-state index >= 15 is 0 Å². The number of benzene rings is 1. The molecule has 2 aromatic rings. The summed E-state index contributed by atoms with van der Waals surface area (Å²) < 4.78 is 27.2. The smallest absolute Gasteiger partial charge is 0.255 e. The quantitative estimate of drug-likeness (QED) is 0.636. The maximum atomic E-state index is 14.1. The van der Waals surface area contributed by atoms with Crippen molar-refractivity contribution < 1.29 is 18.4 Å². The van der Waals surface area contributed by atoms with Crippen LogP contribution in [0.15, 0.2) is 36.5 Å². The van der Waals surface area contributed by atoms with Gasteiger partial charge in [0.05, 0.1) is 11.6 Å². The Kier molecular flexibility index (Phi) is 7.59. The number of carbonyl (C=O) groups excluding carboxylic acids is 2. The maximum Gasteiger partial charge on any atom is 0.255 e. The van der Waals surface area contributed by atoms with Gasteiger partial charge in [0.15, 0.2) is 0 Å². The number of hydrogen-bond donors (Lipinski definition) is 0. The minimum Gasteiger partial charge on any atom is -0.341 e. The third kappa shape index (κ3) is 5.50. The summed E-state index contributed by atoms with van der Waals surface area (Å²) in [4.78, 5) is 32.2. The van der Waals surface area contributed by atoms with Gasteiger partial charge < -0.3 is 9.80 Å². The van der Waals surface area contributed by atoms with Crippen molar-refractivity contribution in [2.75, 3.05) is 20.1 Å². The first-order valence-electron chi connectivity index (χ1n) is 11.1. The van der Waals surface area contributed by atoms with E-state index in [4.69, 9.17) is 0 Å². The molecule has 0 N–H and O–H groups in total. The minimum absolute atomic E-state index is 0.000955. The van der Waals surface area contributed by atoms with Gasteiger partial charge in [0, 0.05) is 45.0 Å². The number of likely N-dealkylation sites (N-methyl/N-ethyl adjacent to an activating group) is 1. The first-order chi connectivity index (χ1) is 15.2. The highest BCUT2D eigenvalue weighted by atomic mass is 19.1. The predicted molar refractivity (Wildman–Crippen MR) is 119 cm³/mol. The molecule has 2 heterocycles. The van der Waals surface area contributed by atoms with Gasteiger partial charge in [0.2, 0.25) is 5.91 Å². The van der Waals surface area contributed by atoms with Crippen LogP contribution >= 0.6 is 0 Å². The molecule has 0 spiro atoms. The first kappa shape index (κ1) is 23.8. The second-order valence-corrected chi connectivity index (χ2v) is 8.83. The second-order valence-electron chi connectivity index (χ2n) is 8.83. The van der Waals surface area contributed by atoms with Crippen molar-refractivity contribution in [3.63, 3.8) is 0 Å². The van der Waals surface area contributed by atoms with Crippen molar-refractivity contribution in [2.45, 2.75) is 52.0 Å². The van der Waals surface area contributed by atoms with Crippen molar-refractivity contribution >= 4 is 11.8 Å². The van der Waals surface area contributed by atoms with E-state index in [2.05, 4.69) is 4.98 Å². The Morgan fingerprint density at radius 3 is 2.59 bits per heavy atom. The Hall–Kier alpha value is -2.83. The molecule has 172 valence electrons. The highest BCUT2D eigenvalue weighted by Gasteiger charge is 2.30. The number of carbonyl (C=O) groups is 2. The van der Waals surface area contributed by atoms with Gasteiger partial charge in [0.1, 0.15) is 11.6 Å². The van der Waals surface area contributed by atoms with Crippen molar-refractivity contribution in [3.05, 3.63) is 65.0 Å². The number of halogens is 2. The Labute approximate surface area is 188 Å². The molecule has 1 aliphatic rings. The fourth-order valence-corrected chi connectivity index (χ4v) is 4.18. The van der Waals surface area contributed by atoms with E-state index in [1.54, 1.807) is 29.1 Å². The summed E-state index contributed by atoms with van der Waals surface area (Å²) in [5.41, 5.74) is 1.93. The number of aromatic nitrogens is 1. The molecule has 0 bridgehead atoms. The van der Waals surface area contributed by atoms with Crippen LogP contribution in [0, 0.1) is 17.6 Å². The van der Waals surface area contributed by atoms with Crippen LogP contribution in [0.3, 0.4) is 0 Å². The van der Waals surface area contributed by atoms with Crippen LogP contribution in [0.2, 0.25) is 0 Å². The molecule has 0 radical (unpaired) electrons. The van der Waals surface area contributed by atoms with Crippen LogP contribution in [0.5, 0.6) is 0 Å². The lowest BCUT2D eigenvalue weighted by atomic mass is 9.85. The van der Waals surface area contributed by atoms with Crippen LogP contribution < -0.4 is 0 Å². The molecule has 3 rings (SSSR count). The average Bonchev–Trinajstić information content (AvgIpc) is 3.26. The van der Waals surface area contributed by atoms with Gasteiger partial charge in [-0.1, -0.05) is 19.9 Å².